The van der Waals surface area contributed by atoms with Gasteiger partial charge in [0, 0.05) is 50.0 Å². The van der Waals surface area contributed by atoms with E-state index >= 15 is 0 Å². The van der Waals surface area contributed by atoms with Gasteiger partial charge < -0.3 is 21.3 Å². The Balaban J connectivity index is 5.16. The summed E-state index contributed by atoms with van der Waals surface area (Å²) in [5.74, 6) is 0. The van der Waals surface area contributed by atoms with Crippen molar-refractivity contribution in [1.29, 1.82) is 0 Å². The first-order valence-corrected chi connectivity index (χ1v) is 8.82. The Labute approximate surface area is 155 Å². The van der Waals surface area contributed by atoms with Gasteiger partial charge in [-0.05, 0) is 63.3 Å². The van der Waals surface area contributed by atoms with Gasteiger partial charge in [0.1, 0.15) is 0 Å². The van der Waals surface area contributed by atoms with Crippen LogP contribution in [0.2, 0.25) is 0 Å². The molecule has 0 spiro atoms. The van der Waals surface area contributed by atoms with Crippen molar-refractivity contribution in [2.75, 3.05) is 27.2 Å². The van der Waals surface area contributed by atoms with Crippen molar-refractivity contribution in [2.45, 2.75) is 48.0 Å². The summed E-state index contributed by atoms with van der Waals surface area (Å²) in [6.07, 6.45) is 0.975. The lowest BCUT2D eigenvalue weighted by Crippen LogP contribution is -2.31. The summed E-state index contributed by atoms with van der Waals surface area (Å²) in [6, 6.07) is 0. The Morgan fingerprint density at radius 1 is 0.760 bits per heavy atom. The van der Waals surface area contributed by atoms with E-state index in [4.69, 9.17) is 11.5 Å². The molecule has 4 nitrogen and oxygen atoms in total. The lowest BCUT2D eigenvalue weighted by atomic mass is 10.0. The smallest absolute Gasteiger partial charge is 0.0350 e. The van der Waals surface area contributed by atoms with Crippen molar-refractivity contribution in [3.63, 3.8) is 0 Å². The number of rotatable bonds is 9. The third-order valence-electron chi connectivity index (χ3n) is 5.09. The van der Waals surface area contributed by atoms with Crippen molar-refractivity contribution >= 4 is 0 Å². The Bertz CT molecular complexity index is 601. The monoisotopic (exact) mass is 346 g/mol. The van der Waals surface area contributed by atoms with Crippen LogP contribution in [0.15, 0.2) is 58.2 Å². The molecule has 0 saturated carbocycles. The summed E-state index contributed by atoms with van der Waals surface area (Å²) in [7, 11) is 4.19. The highest BCUT2D eigenvalue weighted by Gasteiger charge is 2.12. The van der Waals surface area contributed by atoms with Crippen LogP contribution in [0.3, 0.4) is 0 Å². The van der Waals surface area contributed by atoms with Crippen molar-refractivity contribution in [1.82, 2.24) is 9.80 Å². The lowest BCUT2D eigenvalue weighted by molar-refractivity contribution is 0.327. The van der Waals surface area contributed by atoms with E-state index in [0.29, 0.717) is 5.70 Å². The molecule has 0 saturated heterocycles. The van der Waals surface area contributed by atoms with Crippen LogP contribution in [0.25, 0.3) is 0 Å². The topological polar surface area (TPSA) is 58.5 Å². The van der Waals surface area contributed by atoms with Gasteiger partial charge in [0.25, 0.3) is 0 Å². The molecule has 4 heteroatoms. The van der Waals surface area contributed by atoms with Crippen LogP contribution in [-0.4, -0.2) is 37.0 Å². The number of nitrogens with two attached hydrogens (primary N) is 2. The number of nitrogens with zero attached hydrogens (tertiary/aromatic N) is 2. The fourth-order valence-electron chi connectivity index (χ4n) is 2.65. The minimum Gasteiger partial charge on any atom is -0.402 e. The number of allylic oxidation sites excluding steroid dienone is 6. The number of likely N-dealkylation sites (N-methyl/N-ethyl adjacent to an activating group) is 2. The molecule has 0 atom stereocenters. The molecular formula is C21H38N4. The van der Waals surface area contributed by atoms with E-state index in [1.165, 1.54) is 11.3 Å². The Hall–Kier alpha value is -2.10. The molecule has 142 valence electrons. The maximum Gasteiger partial charge on any atom is 0.0350 e. The zero-order chi connectivity index (χ0) is 19.9. The molecule has 0 fully saturated rings. The van der Waals surface area contributed by atoms with Gasteiger partial charge in [-0.3, -0.25) is 0 Å². The number of hydrogen-bond acceptors (Lipinski definition) is 4. The van der Waals surface area contributed by atoms with Crippen LogP contribution in [-0.2, 0) is 0 Å². The highest BCUT2D eigenvalue weighted by molar-refractivity contribution is 5.38. The van der Waals surface area contributed by atoms with E-state index < -0.39 is 0 Å². The molecule has 0 heterocycles. The standard InChI is InChI=1S/C21H38N4/c1-11-21(17(5)15(3)19(7)23)25(10)13-12-24(9)20(8)16(4)14(2)18(6)22/h6,8,11-13,22-23H2,1-5,7,9-10H3/b16-14-,19-15+,21-17+. The quantitative estimate of drug-likeness (QED) is 0.617. The minimum atomic E-state index is 0.593. The Morgan fingerprint density at radius 3 is 1.64 bits per heavy atom. The van der Waals surface area contributed by atoms with E-state index in [0.717, 1.165) is 47.6 Å². The Morgan fingerprint density at radius 2 is 1.24 bits per heavy atom. The fraction of sp³-hybridized carbons (Fsp3) is 0.524. The van der Waals surface area contributed by atoms with E-state index in [-0.39, 0.29) is 0 Å². The largest absolute Gasteiger partial charge is 0.402 e. The molecule has 0 aromatic rings. The van der Waals surface area contributed by atoms with Gasteiger partial charge in [0.05, 0.1) is 0 Å². The fourth-order valence-corrected chi connectivity index (χ4v) is 2.65. The molecule has 0 bridgehead atoms. The molecule has 0 aliphatic carbocycles. The molecule has 0 aliphatic rings. The lowest BCUT2D eigenvalue weighted by Gasteiger charge is -2.29. The summed E-state index contributed by atoms with van der Waals surface area (Å²) >= 11 is 0. The summed E-state index contributed by atoms with van der Waals surface area (Å²) < 4.78 is 0. The zero-order valence-corrected chi connectivity index (χ0v) is 17.6. The summed E-state index contributed by atoms with van der Waals surface area (Å²) in [5, 5.41) is 0. The molecule has 0 rings (SSSR count). The van der Waals surface area contributed by atoms with Crippen LogP contribution < -0.4 is 11.5 Å². The van der Waals surface area contributed by atoms with Crippen LogP contribution in [0.1, 0.15) is 48.0 Å². The maximum absolute atomic E-state index is 5.96. The summed E-state index contributed by atoms with van der Waals surface area (Å²) in [6.45, 7) is 22.2. The highest BCUT2D eigenvalue weighted by Crippen LogP contribution is 2.21. The third-order valence-corrected chi connectivity index (χ3v) is 5.09. The first-order valence-electron chi connectivity index (χ1n) is 8.82. The van der Waals surface area contributed by atoms with Crippen molar-refractivity contribution in [3.8, 4) is 0 Å². The van der Waals surface area contributed by atoms with Crippen molar-refractivity contribution in [3.05, 3.63) is 58.2 Å². The molecule has 0 aromatic heterocycles. The highest BCUT2D eigenvalue weighted by atomic mass is 15.2. The zero-order valence-electron chi connectivity index (χ0n) is 17.6. The van der Waals surface area contributed by atoms with Gasteiger partial charge >= 0.3 is 0 Å². The summed E-state index contributed by atoms with van der Waals surface area (Å²) in [4.78, 5) is 4.47. The van der Waals surface area contributed by atoms with Crippen LogP contribution in [0.5, 0.6) is 0 Å². The molecule has 0 radical (unpaired) electrons. The predicted octanol–water partition coefficient (Wildman–Crippen LogP) is 4.11. The van der Waals surface area contributed by atoms with E-state index in [9.17, 15) is 0 Å². The molecule has 25 heavy (non-hydrogen) atoms. The predicted molar refractivity (Wildman–Crippen MR) is 112 cm³/mol. The first kappa shape index (κ1) is 22.9. The average Bonchev–Trinajstić information content (AvgIpc) is 2.56. The molecule has 0 unspecified atom stereocenters. The Kier molecular flexibility index (Phi) is 9.18. The SMILES string of the molecule is C=C(N)/C(C)=C(/C)C(=C)N(C)CCN(C)/C(CC)=C(C)/C(C)=C(\C)N. The van der Waals surface area contributed by atoms with Gasteiger partial charge in [0.2, 0.25) is 0 Å². The second kappa shape index (κ2) is 10.0. The maximum atomic E-state index is 5.96. The van der Waals surface area contributed by atoms with Gasteiger partial charge in [-0.1, -0.05) is 20.1 Å². The molecule has 4 N–H and O–H groups in total. The second-order valence-corrected chi connectivity index (χ2v) is 6.80. The molecule has 0 amide bonds. The van der Waals surface area contributed by atoms with Crippen molar-refractivity contribution < 1.29 is 0 Å². The molecule has 0 aromatic carbocycles. The van der Waals surface area contributed by atoms with Crippen molar-refractivity contribution in [2.24, 2.45) is 11.5 Å². The van der Waals surface area contributed by atoms with E-state index in [1.54, 1.807) is 0 Å². The third kappa shape index (κ3) is 6.37. The van der Waals surface area contributed by atoms with Crippen LogP contribution in [0, 0.1) is 0 Å². The van der Waals surface area contributed by atoms with Gasteiger partial charge in [-0.25, -0.2) is 0 Å². The average molecular weight is 347 g/mol. The molecular weight excluding hydrogens is 308 g/mol. The first-order chi connectivity index (χ1) is 11.4. The minimum absolute atomic E-state index is 0.593. The normalized spacial score (nSPS) is 14.2. The van der Waals surface area contributed by atoms with Gasteiger partial charge in [-0.15, -0.1) is 0 Å². The summed E-state index contributed by atoms with van der Waals surface area (Å²) in [5.41, 5.74) is 20.0. The molecule has 0 aliphatic heterocycles. The van der Waals surface area contributed by atoms with Crippen LogP contribution in [0.4, 0.5) is 0 Å². The van der Waals surface area contributed by atoms with Gasteiger partial charge in [0.15, 0.2) is 0 Å². The van der Waals surface area contributed by atoms with Crippen LogP contribution >= 0.6 is 0 Å². The number of hydrogen-bond donors (Lipinski definition) is 2. The van der Waals surface area contributed by atoms with Gasteiger partial charge in [-0.2, -0.15) is 0 Å². The second-order valence-electron chi connectivity index (χ2n) is 6.80. The van der Waals surface area contributed by atoms with E-state index in [2.05, 4.69) is 57.8 Å². The van der Waals surface area contributed by atoms with E-state index in [1.807, 2.05) is 20.8 Å².